The second-order valence-corrected chi connectivity index (χ2v) is 5.55. The normalized spacial score (nSPS) is 10.3. The van der Waals surface area contributed by atoms with Gasteiger partial charge in [-0.25, -0.2) is 9.97 Å². The first kappa shape index (κ1) is 14.8. The van der Waals surface area contributed by atoms with Crippen LogP contribution in [0.15, 0.2) is 40.4 Å². The molecule has 0 saturated heterocycles. The molecule has 1 aromatic heterocycles. The maximum atomic E-state index is 11.2. The van der Waals surface area contributed by atoms with Crippen LogP contribution < -0.4 is 5.32 Å². The Bertz CT molecular complexity index is 596. The zero-order valence-electron chi connectivity index (χ0n) is 11.2. The number of aryl methyl sites for hydroxylation is 2. The summed E-state index contributed by atoms with van der Waals surface area (Å²) < 4.78 is 0. The van der Waals surface area contributed by atoms with E-state index in [-0.39, 0.29) is 11.8 Å². The number of anilines is 1. The van der Waals surface area contributed by atoms with Crippen LogP contribution in [0, 0.1) is 13.8 Å². The number of amides is 1. The van der Waals surface area contributed by atoms with Crippen molar-refractivity contribution in [3.63, 3.8) is 0 Å². The molecule has 6 heteroatoms. The molecule has 0 fully saturated rings. The highest BCUT2D eigenvalue weighted by molar-refractivity contribution is 7.99. The second kappa shape index (κ2) is 6.72. The molecule has 4 nitrogen and oxygen atoms in total. The Hall–Kier alpha value is -1.59. The molecule has 0 unspecified atom stereocenters. The largest absolute Gasteiger partial charge is 0.325 e. The number of carbonyl (C=O) groups excluding carboxylic acids is 1. The summed E-state index contributed by atoms with van der Waals surface area (Å²) >= 11 is 6.93. The highest BCUT2D eigenvalue weighted by atomic mass is 35.5. The van der Waals surface area contributed by atoms with Gasteiger partial charge in [-0.3, -0.25) is 4.79 Å². The molecule has 0 radical (unpaired) electrons. The Morgan fingerprint density at radius 1 is 1.20 bits per heavy atom. The van der Waals surface area contributed by atoms with Gasteiger partial charge in [0.25, 0.3) is 0 Å². The van der Waals surface area contributed by atoms with Crippen LogP contribution >= 0.6 is 23.4 Å². The molecule has 0 aliphatic rings. The number of nitrogens with one attached hydrogen (secondary N) is 1. The van der Waals surface area contributed by atoms with E-state index in [0.29, 0.717) is 0 Å². The Labute approximate surface area is 127 Å². The number of benzene rings is 1. The zero-order chi connectivity index (χ0) is 14.5. The summed E-state index contributed by atoms with van der Waals surface area (Å²) in [7, 11) is 0. The van der Waals surface area contributed by atoms with Gasteiger partial charge in [0.1, 0.15) is 5.88 Å². The first-order valence-corrected chi connectivity index (χ1v) is 7.38. The van der Waals surface area contributed by atoms with Crippen molar-refractivity contribution in [3.05, 3.63) is 41.7 Å². The predicted octanol–water partition coefficient (Wildman–Crippen LogP) is 3.42. The van der Waals surface area contributed by atoms with E-state index in [2.05, 4.69) is 15.3 Å². The number of aromatic nitrogens is 2. The molecule has 1 N–H and O–H groups in total. The van der Waals surface area contributed by atoms with Gasteiger partial charge < -0.3 is 5.32 Å². The number of hydrogen-bond donors (Lipinski definition) is 1. The van der Waals surface area contributed by atoms with Crippen molar-refractivity contribution in [1.82, 2.24) is 9.97 Å². The monoisotopic (exact) mass is 307 g/mol. The van der Waals surface area contributed by atoms with Gasteiger partial charge in [-0.15, -0.1) is 11.6 Å². The van der Waals surface area contributed by atoms with Crippen LogP contribution in [0.25, 0.3) is 0 Å². The minimum Gasteiger partial charge on any atom is -0.325 e. The first-order chi connectivity index (χ1) is 9.56. The molecule has 0 saturated carbocycles. The number of hydrogen-bond acceptors (Lipinski definition) is 4. The van der Waals surface area contributed by atoms with Crippen LogP contribution in [0.2, 0.25) is 0 Å². The van der Waals surface area contributed by atoms with E-state index in [9.17, 15) is 4.79 Å². The third kappa shape index (κ3) is 4.21. The van der Waals surface area contributed by atoms with Gasteiger partial charge in [-0.2, -0.15) is 0 Å². The van der Waals surface area contributed by atoms with Gasteiger partial charge >= 0.3 is 0 Å². The van der Waals surface area contributed by atoms with Crippen LogP contribution in [-0.2, 0) is 4.79 Å². The Morgan fingerprint density at radius 3 is 2.35 bits per heavy atom. The lowest BCUT2D eigenvalue weighted by molar-refractivity contribution is -0.113. The van der Waals surface area contributed by atoms with Crippen LogP contribution in [0.3, 0.4) is 0 Å². The lowest BCUT2D eigenvalue weighted by Gasteiger charge is -2.05. The Kier molecular flexibility index (Phi) is 4.98. The summed E-state index contributed by atoms with van der Waals surface area (Å²) in [6.45, 7) is 3.90. The minimum absolute atomic E-state index is 0.0487. The Balaban J connectivity index is 2.08. The maximum absolute atomic E-state index is 11.2. The summed E-state index contributed by atoms with van der Waals surface area (Å²) in [5, 5.41) is 3.41. The van der Waals surface area contributed by atoms with E-state index in [0.717, 1.165) is 27.1 Å². The van der Waals surface area contributed by atoms with Gasteiger partial charge in [0, 0.05) is 22.0 Å². The fourth-order valence-corrected chi connectivity index (χ4v) is 2.57. The molecule has 20 heavy (non-hydrogen) atoms. The molecule has 2 rings (SSSR count). The number of alkyl halides is 1. The van der Waals surface area contributed by atoms with Crippen LogP contribution in [-0.4, -0.2) is 21.8 Å². The third-order valence-corrected chi connectivity index (χ3v) is 3.55. The zero-order valence-corrected chi connectivity index (χ0v) is 12.8. The highest BCUT2D eigenvalue weighted by Crippen LogP contribution is 2.26. The highest BCUT2D eigenvalue weighted by Gasteiger charge is 2.04. The van der Waals surface area contributed by atoms with Crippen LogP contribution in [0.4, 0.5) is 5.69 Å². The second-order valence-electron chi connectivity index (χ2n) is 4.24. The summed E-state index contributed by atoms with van der Waals surface area (Å²) in [5.41, 5.74) is 2.62. The predicted molar refractivity (Wildman–Crippen MR) is 81.4 cm³/mol. The quantitative estimate of drug-likeness (QED) is 0.694. The van der Waals surface area contributed by atoms with Gasteiger partial charge in [0.15, 0.2) is 5.16 Å². The van der Waals surface area contributed by atoms with E-state index >= 15 is 0 Å². The minimum atomic E-state index is -0.218. The molecular formula is C14H14ClN3OS. The average molecular weight is 308 g/mol. The van der Waals surface area contributed by atoms with Crippen molar-refractivity contribution in [1.29, 1.82) is 0 Å². The van der Waals surface area contributed by atoms with E-state index in [1.54, 1.807) is 0 Å². The molecular weight excluding hydrogens is 294 g/mol. The lowest BCUT2D eigenvalue weighted by Crippen LogP contribution is -2.12. The number of rotatable bonds is 4. The number of carbonyl (C=O) groups is 1. The summed E-state index contributed by atoms with van der Waals surface area (Å²) in [6, 6.07) is 9.42. The van der Waals surface area contributed by atoms with E-state index < -0.39 is 0 Å². The smallest absolute Gasteiger partial charge is 0.239 e. The standard InChI is InChI=1S/C14H14ClN3OS/c1-9-7-10(2)17-14(16-9)20-12-5-3-11(4-6-12)18-13(19)8-15/h3-7H,8H2,1-2H3,(H,18,19). The van der Waals surface area contributed by atoms with Crippen molar-refractivity contribution < 1.29 is 4.79 Å². The molecule has 0 bridgehead atoms. The molecule has 0 aliphatic heterocycles. The maximum Gasteiger partial charge on any atom is 0.239 e. The van der Waals surface area contributed by atoms with Crippen molar-refractivity contribution in [2.45, 2.75) is 23.9 Å². The Morgan fingerprint density at radius 2 is 1.80 bits per heavy atom. The summed E-state index contributed by atoms with van der Waals surface area (Å²) in [6.07, 6.45) is 0. The first-order valence-electron chi connectivity index (χ1n) is 6.03. The van der Waals surface area contributed by atoms with Crippen molar-refractivity contribution >= 4 is 35.0 Å². The third-order valence-electron chi connectivity index (χ3n) is 2.43. The molecule has 0 aliphatic carbocycles. The molecule has 104 valence electrons. The fraction of sp³-hybridized carbons (Fsp3) is 0.214. The van der Waals surface area contributed by atoms with E-state index in [4.69, 9.17) is 11.6 Å². The topological polar surface area (TPSA) is 54.9 Å². The molecule has 1 amide bonds. The van der Waals surface area contributed by atoms with Gasteiger partial charge in [0.05, 0.1) is 0 Å². The van der Waals surface area contributed by atoms with E-state index in [1.807, 2.05) is 44.2 Å². The van der Waals surface area contributed by atoms with E-state index in [1.165, 1.54) is 11.8 Å². The average Bonchev–Trinajstić information content (AvgIpc) is 2.39. The van der Waals surface area contributed by atoms with Crippen molar-refractivity contribution in [2.24, 2.45) is 0 Å². The summed E-state index contributed by atoms with van der Waals surface area (Å²) in [4.78, 5) is 20.9. The SMILES string of the molecule is Cc1cc(C)nc(Sc2ccc(NC(=O)CCl)cc2)n1. The molecule has 2 aromatic rings. The van der Waals surface area contributed by atoms with Crippen LogP contribution in [0.1, 0.15) is 11.4 Å². The van der Waals surface area contributed by atoms with Crippen molar-refractivity contribution in [2.75, 3.05) is 11.2 Å². The van der Waals surface area contributed by atoms with Gasteiger partial charge in [0.2, 0.25) is 5.91 Å². The van der Waals surface area contributed by atoms with Gasteiger partial charge in [-0.1, -0.05) is 0 Å². The fourth-order valence-electron chi connectivity index (χ4n) is 1.65. The van der Waals surface area contributed by atoms with Crippen molar-refractivity contribution in [3.8, 4) is 0 Å². The molecule has 1 heterocycles. The molecule has 0 atom stereocenters. The summed E-state index contributed by atoms with van der Waals surface area (Å²) in [5.74, 6) is -0.267. The number of nitrogens with zero attached hydrogens (tertiary/aromatic N) is 2. The van der Waals surface area contributed by atoms with Crippen LogP contribution in [0.5, 0.6) is 0 Å². The van der Waals surface area contributed by atoms with Gasteiger partial charge in [-0.05, 0) is 55.9 Å². The molecule has 1 aromatic carbocycles. The molecule has 0 spiro atoms. The lowest BCUT2D eigenvalue weighted by atomic mass is 10.3. The number of halogens is 1.